The van der Waals surface area contributed by atoms with Crippen LogP contribution in [0.3, 0.4) is 0 Å². The normalized spacial score (nSPS) is 13.4. The molecule has 0 atom stereocenters. The molecule has 1 aromatic heterocycles. The molecule has 0 saturated heterocycles. The molecule has 0 spiro atoms. The number of aliphatic hydroxyl groups excluding tert-OH is 1. The van der Waals surface area contributed by atoms with Gasteiger partial charge >= 0.3 is 0 Å². The van der Waals surface area contributed by atoms with Crippen molar-refractivity contribution in [3.63, 3.8) is 0 Å². The van der Waals surface area contributed by atoms with E-state index in [0.717, 1.165) is 16.5 Å². The van der Waals surface area contributed by atoms with Gasteiger partial charge in [-0.05, 0) is 23.8 Å². The monoisotopic (exact) mass is 203 g/mol. The van der Waals surface area contributed by atoms with Crippen molar-refractivity contribution in [2.24, 2.45) is 0 Å². The number of fused-ring (bicyclic) bond motifs is 2. The van der Waals surface area contributed by atoms with Crippen LogP contribution in [0.25, 0.3) is 10.9 Å². The third-order valence-corrected chi connectivity index (χ3v) is 2.40. The van der Waals surface area contributed by atoms with Gasteiger partial charge in [-0.15, -0.1) is 0 Å². The fourth-order valence-electron chi connectivity index (χ4n) is 1.64. The van der Waals surface area contributed by atoms with Crippen LogP contribution in [0.5, 0.6) is 11.6 Å². The van der Waals surface area contributed by atoms with Crippen molar-refractivity contribution in [1.82, 2.24) is 4.98 Å². The van der Waals surface area contributed by atoms with Crippen LogP contribution in [-0.2, 0) is 6.61 Å². The first-order valence-electron chi connectivity index (χ1n) is 4.67. The van der Waals surface area contributed by atoms with E-state index in [2.05, 4.69) is 4.98 Å². The molecule has 0 aliphatic carbocycles. The Kier molecular flexibility index (Phi) is 1.76. The fraction of sp³-hybridized carbons (Fsp3) is 0.182. The molecule has 1 aliphatic heterocycles. The van der Waals surface area contributed by atoms with Gasteiger partial charge in [0.15, 0.2) is 5.75 Å². The van der Waals surface area contributed by atoms with Crippen LogP contribution >= 0.6 is 0 Å². The zero-order chi connectivity index (χ0) is 10.3. The molecule has 2 heterocycles. The number of aliphatic hydroxyl groups is 1. The predicted molar refractivity (Wildman–Crippen MR) is 53.8 cm³/mol. The van der Waals surface area contributed by atoms with E-state index in [1.807, 2.05) is 24.3 Å². The second-order valence-corrected chi connectivity index (χ2v) is 3.38. The maximum atomic E-state index is 9.01. The van der Waals surface area contributed by atoms with Gasteiger partial charge in [-0.1, -0.05) is 6.07 Å². The standard InChI is InChI=1S/C11H9NO3/c13-5-7-1-2-9-8(3-7)4-10-11(12-9)15-6-14-10/h1-4,13H,5-6H2. The number of pyridine rings is 1. The molecule has 0 fully saturated rings. The lowest BCUT2D eigenvalue weighted by Crippen LogP contribution is -1.93. The van der Waals surface area contributed by atoms with Gasteiger partial charge < -0.3 is 14.6 Å². The summed E-state index contributed by atoms with van der Waals surface area (Å²) in [6.45, 7) is 0.260. The molecule has 15 heavy (non-hydrogen) atoms. The molecule has 4 heteroatoms. The molecule has 0 amide bonds. The lowest BCUT2D eigenvalue weighted by molar-refractivity contribution is 0.171. The number of benzene rings is 1. The molecule has 4 nitrogen and oxygen atoms in total. The van der Waals surface area contributed by atoms with Crippen LogP contribution < -0.4 is 9.47 Å². The highest BCUT2D eigenvalue weighted by Crippen LogP contribution is 2.33. The SMILES string of the molecule is OCc1ccc2nc3c(cc2c1)OCO3. The Morgan fingerprint density at radius 1 is 1.27 bits per heavy atom. The topological polar surface area (TPSA) is 51.6 Å². The van der Waals surface area contributed by atoms with E-state index < -0.39 is 0 Å². The Labute approximate surface area is 86.1 Å². The third-order valence-electron chi connectivity index (χ3n) is 2.40. The molecule has 0 unspecified atom stereocenters. The van der Waals surface area contributed by atoms with Crippen LogP contribution in [0.1, 0.15) is 5.56 Å². The number of ether oxygens (including phenoxy) is 2. The average molecular weight is 203 g/mol. The quantitative estimate of drug-likeness (QED) is 0.762. The molecule has 1 N–H and O–H groups in total. The Balaban J connectivity index is 2.24. The van der Waals surface area contributed by atoms with E-state index >= 15 is 0 Å². The summed E-state index contributed by atoms with van der Waals surface area (Å²) in [4.78, 5) is 4.30. The molecular formula is C11H9NO3. The Hall–Kier alpha value is -1.81. The summed E-state index contributed by atoms with van der Waals surface area (Å²) in [5, 5.41) is 9.96. The van der Waals surface area contributed by atoms with E-state index in [1.165, 1.54) is 0 Å². The average Bonchev–Trinajstić information content (AvgIpc) is 2.72. The first-order valence-corrected chi connectivity index (χ1v) is 4.67. The lowest BCUT2D eigenvalue weighted by Gasteiger charge is -2.01. The number of nitrogens with zero attached hydrogens (tertiary/aromatic N) is 1. The summed E-state index contributed by atoms with van der Waals surface area (Å²) in [6.07, 6.45) is 0. The fourth-order valence-corrected chi connectivity index (χ4v) is 1.64. The molecule has 1 aliphatic rings. The van der Waals surface area contributed by atoms with E-state index in [9.17, 15) is 0 Å². The molecular weight excluding hydrogens is 194 g/mol. The number of hydrogen-bond acceptors (Lipinski definition) is 4. The van der Waals surface area contributed by atoms with Crippen molar-refractivity contribution in [3.8, 4) is 11.6 Å². The van der Waals surface area contributed by atoms with E-state index in [0.29, 0.717) is 11.6 Å². The van der Waals surface area contributed by atoms with Gasteiger partial charge in [0, 0.05) is 5.39 Å². The van der Waals surface area contributed by atoms with Crippen LogP contribution in [0.4, 0.5) is 0 Å². The Morgan fingerprint density at radius 3 is 3.07 bits per heavy atom. The molecule has 2 aromatic rings. The highest BCUT2D eigenvalue weighted by Gasteiger charge is 2.15. The van der Waals surface area contributed by atoms with Gasteiger partial charge in [0.2, 0.25) is 6.79 Å². The zero-order valence-electron chi connectivity index (χ0n) is 7.93. The summed E-state index contributed by atoms with van der Waals surface area (Å²) in [7, 11) is 0. The van der Waals surface area contributed by atoms with E-state index in [1.54, 1.807) is 0 Å². The van der Waals surface area contributed by atoms with Crippen LogP contribution in [0.15, 0.2) is 24.3 Å². The minimum atomic E-state index is 0.0321. The van der Waals surface area contributed by atoms with Gasteiger partial charge in [-0.3, -0.25) is 0 Å². The Morgan fingerprint density at radius 2 is 2.20 bits per heavy atom. The summed E-state index contributed by atoms with van der Waals surface area (Å²) >= 11 is 0. The number of aromatic nitrogens is 1. The molecule has 0 radical (unpaired) electrons. The lowest BCUT2D eigenvalue weighted by atomic mass is 10.1. The maximum absolute atomic E-state index is 9.01. The summed E-state index contributed by atoms with van der Waals surface area (Å²) in [5.41, 5.74) is 1.71. The highest BCUT2D eigenvalue weighted by molar-refractivity contribution is 5.82. The smallest absolute Gasteiger partial charge is 0.260 e. The van der Waals surface area contributed by atoms with E-state index in [4.69, 9.17) is 14.6 Å². The maximum Gasteiger partial charge on any atom is 0.260 e. The molecule has 1 aromatic carbocycles. The van der Waals surface area contributed by atoms with Crippen LogP contribution in [0, 0.1) is 0 Å². The molecule has 76 valence electrons. The van der Waals surface area contributed by atoms with Crippen molar-refractivity contribution in [3.05, 3.63) is 29.8 Å². The van der Waals surface area contributed by atoms with Gasteiger partial charge in [-0.25, -0.2) is 4.98 Å². The second kappa shape index (κ2) is 3.10. The summed E-state index contributed by atoms with van der Waals surface area (Å²) in [6, 6.07) is 7.48. The summed E-state index contributed by atoms with van der Waals surface area (Å²) in [5.74, 6) is 1.21. The third kappa shape index (κ3) is 1.30. The van der Waals surface area contributed by atoms with Crippen molar-refractivity contribution >= 4 is 10.9 Å². The molecule has 0 bridgehead atoms. The van der Waals surface area contributed by atoms with Gasteiger partial charge in [-0.2, -0.15) is 0 Å². The largest absolute Gasteiger partial charge is 0.452 e. The molecule has 0 saturated carbocycles. The first-order chi connectivity index (χ1) is 7.36. The van der Waals surface area contributed by atoms with Crippen molar-refractivity contribution in [2.45, 2.75) is 6.61 Å². The highest BCUT2D eigenvalue weighted by atomic mass is 16.7. The van der Waals surface area contributed by atoms with Crippen LogP contribution in [0.2, 0.25) is 0 Å². The number of hydrogen-bond donors (Lipinski definition) is 1. The van der Waals surface area contributed by atoms with Gasteiger partial charge in [0.05, 0.1) is 12.1 Å². The van der Waals surface area contributed by atoms with Crippen molar-refractivity contribution in [2.75, 3.05) is 6.79 Å². The number of rotatable bonds is 1. The zero-order valence-corrected chi connectivity index (χ0v) is 7.93. The summed E-state index contributed by atoms with van der Waals surface area (Å²) < 4.78 is 10.4. The van der Waals surface area contributed by atoms with E-state index in [-0.39, 0.29) is 13.4 Å². The predicted octanol–water partition coefficient (Wildman–Crippen LogP) is 1.46. The first kappa shape index (κ1) is 8.49. The van der Waals surface area contributed by atoms with Crippen molar-refractivity contribution in [1.29, 1.82) is 0 Å². The minimum Gasteiger partial charge on any atom is -0.452 e. The molecule has 3 rings (SSSR count). The van der Waals surface area contributed by atoms with Gasteiger partial charge in [0.1, 0.15) is 0 Å². The van der Waals surface area contributed by atoms with Crippen molar-refractivity contribution < 1.29 is 14.6 Å². The Bertz CT molecular complexity index is 524. The van der Waals surface area contributed by atoms with Gasteiger partial charge in [0.25, 0.3) is 5.88 Å². The minimum absolute atomic E-state index is 0.0321. The second-order valence-electron chi connectivity index (χ2n) is 3.38. The van der Waals surface area contributed by atoms with Crippen LogP contribution in [-0.4, -0.2) is 16.9 Å².